The molecule has 1 aliphatic heterocycles. The predicted octanol–water partition coefficient (Wildman–Crippen LogP) is 3.13. The van der Waals surface area contributed by atoms with E-state index in [1.807, 2.05) is 41.1 Å². The Bertz CT molecular complexity index is 952. The number of benzene rings is 1. The zero-order chi connectivity index (χ0) is 19.5. The number of rotatable bonds is 4. The first-order chi connectivity index (χ1) is 13.6. The molecule has 1 fully saturated rings. The molecular formula is C21H24N6O. The van der Waals surface area contributed by atoms with Crippen LogP contribution in [0.25, 0.3) is 5.82 Å². The maximum absolute atomic E-state index is 12.8. The number of carbonyl (C=O) groups excluding carboxylic acids is 1. The highest BCUT2D eigenvalue weighted by atomic mass is 16.1. The summed E-state index contributed by atoms with van der Waals surface area (Å²) < 4.78 is 1.81. The standard InChI is InChI=1S/C21H24N6O/c1-15-5-6-18(12-16(15)2)23-21(28)17-4-3-10-26(13-17)19-7-8-20(25-24-19)27-11-9-22-14-27/h5-9,11-12,14,17H,3-4,10,13H2,1-2H3,(H,23,28). The molecule has 2 aromatic heterocycles. The number of aryl methyl sites for hydroxylation is 2. The molecule has 1 aromatic carbocycles. The van der Waals surface area contributed by atoms with E-state index in [1.54, 1.807) is 12.5 Å². The lowest BCUT2D eigenvalue weighted by Crippen LogP contribution is -2.41. The van der Waals surface area contributed by atoms with E-state index in [2.05, 4.69) is 39.2 Å². The molecule has 7 nitrogen and oxygen atoms in total. The van der Waals surface area contributed by atoms with Gasteiger partial charge in [0.05, 0.1) is 5.92 Å². The molecule has 0 saturated carbocycles. The van der Waals surface area contributed by atoms with Crippen molar-refractivity contribution in [2.24, 2.45) is 5.92 Å². The maximum atomic E-state index is 12.8. The quantitative estimate of drug-likeness (QED) is 0.757. The largest absolute Gasteiger partial charge is 0.354 e. The van der Waals surface area contributed by atoms with Gasteiger partial charge in [-0.15, -0.1) is 10.2 Å². The molecule has 1 aliphatic rings. The topological polar surface area (TPSA) is 75.9 Å². The maximum Gasteiger partial charge on any atom is 0.229 e. The van der Waals surface area contributed by atoms with Crippen molar-refractivity contribution in [3.8, 4) is 5.82 Å². The number of anilines is 2. The van der Waals surface area contributed by atoms with Crippen LogP contribution in [-0.4, -0.2) is 38.7 Å². The molecule has 0 aliphatic carbocycles. The Morgan fingerprint density at radius 3 is 2.64 bits per heavy atom. The van der Waals surface area contributed by atoms with Gasteiger partial charge in [-0.25, -0.2) is 4.98 Å². The van der Waals surface area contributed by atoms with Gasteiger partial charge in [0.2, 0.25) is 5.91 Å². The molecule has 3 heterocycles. The fourth-order valence-corrected chi connectivity index (χ4v) is 3.48. The van der Waals surface area contributed by atoms with Crippen LogP contribution in [0, 0.1) is 19.8 Å². The van der Waals surface area contributed by atoms with E-state index in [0.29, 0.717) is 6.54 Å². The molecule has 28 heavy (non-hydrogen) atoms. The van der Waals surface area contributed by atoms with Gasteiger partial charge in [-0.05, 0) is 62.1 Å². The van der Waals surface area contributed by atoms with Gasteiger partial charge in [0.25, 0.3) is 0 Å². The highest BCUT2D eigenvalue weighted by molar-refractivity contribution is 5.93. The fourth-order valence-electron chi connectivity index (χ4n) is 3.48. The Hall–Kier alpha value is -3.22. The van der Waals surface area contributed by atoms with Crippen molar-refractivity contribution in [2.45, 2.75) is 26.7 Å². The summed E-state index contributed by atoms with van der Waals surface area (Å²) in [6, 6.07) is 9.89. The van der Waals surface area contributed by atoms with Gasteiger partial charge in [-0.3, -0.25) is 9.36 Å². The summed E-state index contributed by atoms with van der Waals surface area (Å²) in [5.74, 6) is 1.52. The van der Waals surface area contributed by atoms with Gasteiger partial charge >= 0.3 is 0 Å². The monoisotopic (exact) mass is 376 g/mol. The third-order valence-corrected chi connectivity index (χ3v) is 5.30. The number of hydrogen-bond acceptors (Lipinski definition) is 5. The minimum absolute atomic E-state index is 0.0644. The van der Waals surface area contributed by atoms with Crippen molar-refractivity contribution in [1.82, 2.24) is 19.7 Å². The van der Waals surface area contributed by atoms with Gasteiger partial charge in [0.15, 0.2) is 11.6 Å². The number of imidazole rings is 1. The van der Waals surface area contributed by atoms with Crippen LogP contribution >= 0.6 is 0 Å². The first-order valence-electron chi connectivity index (χ1n) is 9.55. The molecule has 1 N–H and O–H groups in total. The van der Waals surface area contributed by atoms with Crippen LogP contribution in [0.3, 0.4) is 0 Å². The van der Waals surface area contributed by atoms with Crippen LogP contribution in [0.15, 0.2) is 49.1 Å². The van der Waals surface area contributed by atoms with Gasteiger partial charge in [0, 0.05) is 31.2 Å². The average molecular weight is 376 g/mol. The number of aromatic nitrogens is 4. The number of nitrogens with one attached hydrogen (secondary N) is 1. The minimum Gasteiger partial charge on any atom is -0.354 e. The summed E-state index contributed by atoms with van der Waals surface area (Å²) in [6.07, 6.45) is 7.07. The Morgan fingerprint density at radius 1 is 1.11 bits per heavy atom. The lowest BCUT2D eigenvalue weighted by Gasteiger charge is -2.32. The van der Waals surface area contributed by atoms with Gasteiger partial charge in [-0.2, -0.15) is 0 Å². The Balaban J connectivity index is 1.42. The molecule has 0 bridgehead atoms. The van der Waals surface area contributed by atoms with Crippen molar-refractivity contribution < 1.29 is 4.79 Å². The average Bonchev–Trinajstić information content (AvgIpc) is 3.26. The summed E-state index contributed by atoms with van der Waals surface area (Å²) in [6.45, 7) is 5.65. The second-order valence-electron chi connectivity index (χ2n) is 7.29. The normalized spacial score (nSPS) is 16.8. The molecule has 0 spiro atoms. The van der Waals surface area contributed by atoms with E-state index in [1.165, 1.54) is 11.1 Å². The van der Waals surface area contributed by atoms with Crippen LogP contribution < -0.4 is 10.2 Å². The van der Waals surface area contributed by atoms with E-state index in [-0.39, 0.29) is 11.8 Å². The summed E-state index contributed by atoms with van der Waals surface area (Å²) in [5, 5.41) is 11.7. The Labute approximate surface area is 164 Å². The van der Waals surface area contributed by atoms with E-state index >= 15 is 0 Å². The van der Waals surface area contributed by atoms with E-state index in [9.17, 15) is 4.79 Å². The highest BCUT2D eigenvalue weighted by Crippen LogP contribution is 2.23. The minimum atomic E-state index is -0.0644. The number of carbonyl (C=O) groups is 1. The number of hydrogen-bond donors (Lipinski definition) is 1. The molecule has 1 saturated heterocycles. The van der Waals surface area contributed by atoms with Crippen LogP contribution in [0.1, 0.15) is 24.0 Å². The molecule has 0 radical (unpaired) electrons. The second kappa shape index (κ2) is 7.80. The smallest absolute Gasteiger partial charge is 0.229 e. The molecule has 4 rings (SSSR count). The van der Waals surface area contributed by atoms with Crippen molar-refractivity contribution in [3.05, 3.63) is 60.2 Å². The van der Waals surface area contributed by atoms with E-state index in [4.69, 9.17) is 0 Å². The van der Waals surface area contributed by atoms with Crippen LogP contribution in [0.2, 0.25) is 0 Å². The number of piperidine rings is 1. The van der Waals surface area contributed by atoms with Crippen molar-refractivity contribution in [3.63, 3.8) is 0 Å². The van der Waals surface area contributed by atoms with E-state index < -0.39 is 0 Å². The molecule has 1 atom stereocenters. The molecular weight excluding hydrogens is 352 g/mol. The highest BCUT2D eigenvalue weighted by Gasteiger charge is 2.27. The van der Waals surface area contributed by atoms with Gasteiger partial charge in [-0.1, -0.05) is 6.07 Å². The van der Waals surface area contributed by atoms with Crippen molar-refractivity contribution in [1.29, 1.82) is 0 Å². The summed E-state index contributed by atoms with van der Waals surface area (Å²) in [7, 11) is 0. The van der Waals surface area contributed by atoms with Gasteiger partial charge < -0.3 is 10.2 Å². The van der Waals surface area contributed by atoms with Gasteiger partial charge in [0.1, 0.15) is 6.33 Å². The Kier molecular flexibility index (Phi) is 5.06. The SMILES string of the molecule is Cc1ccc(NC(=O)C2CCCN(c3ccc(-n4ccnc4)nn3)C2)cc1C. The molecule has 1 unspecified atom stereocenters. The van der Waals surface area contributed by atoms with Crippen LogP contribution in [0.4, 0.5) is 11.5 Å². The zero-order valence-electron chi connectivity index (χ0n) is 16.2. The lowest BCUT2D eigenvalue weighted by molar-refractivity contribution is -0.120. The van der Waals surface area contributed by atoms with E-state index in [0.717, 1.165) is 36.7 Å². The molecule has 7 heteroatoms. The molecule has 144 valence electrons. The molecule has 1 amide bonds. The zero-order valence-corrected chi connectivity index (χ0v) is 16.2. The third kappa shape index (κ3) is 3.88. The first-order valence-corrected chi connectivity index (χ1v) is 9.55. The Morgan fingerprint density at radius 2 is 1.93 bits per heavy atom. The fraction of sp³-hybridized carbons (Fsp3) is 0.333. The second-order valence-corrected chi connectivity index (χ2v) is 7.29. The summed E-state index contributed by atoms with van der Waals surface area (Å²) >= 11 is 0. The molecule has 3 aromatic rings. The third-order valence-electron chi connectivity index (χ3n) is 5.30. The van der Waals surface area contributed by atoms with Crippen LogP contribution in [0.5, 0.6) is 0 Å². The van der Waals surface area contributed by atoms with Crippen molar-refractivity contribution >= 4 is 17.4 Å². The number of nitrogens with zero attached hydrogens (tertiary/aromatic N) is 5. The number of amides is 1. The van der Waals surface area contributed by atoms with Crippen molar-refractivity contribution in [2.75, 3.05) is 23.3 Å². The predicted molar refractivity (Wildman–Crippen MR) is 109 cm³/mol. The van der Waals surface area contributed by atoms with Crippen LogP contribution in [-0.2, 0) is 4.79 Å². The lowest BCUT2D eigenvalue weighted by atomic mass is 9.97. The summed E-state index contributed by atoms with van der Waals surface area (Å²) in [4.78, 5) is 18.9. The first kappa shape index (κ1) is 18.2. The summed E-state index contributed by atoms with van der Waals surface area (Å²) in [5.41, 5.74) is 3.26.